The lowest BCUT2D eigenvalue weighted by Gasteiger charge is -2.07. The third kappa shape index (κ3) is 2.02. The van der Waals surface area contributed by atoms with Gasteiger partial charge < -0.3 is 5.73 Å². The molecule has 0 bridgehead atoms. The number of rotatable bonds is 4. The molecule has 4 heteroatoms. The molecule has 1 atom stereocenters. The van der Waals surface area contributed by atoms with E-state index in [0.29, 0.717) is 5.92 Å². The number of aryl methyl sites for hydroxylation is 1. The van der Waals surface area contributed by atoms with Crippen LogP contribution >= 0.6 is 11.3 Å². The van der Waals surface area contributed by atoms with Gasteiger partial charge >= 0.3 is 0 Å². The van der Waals surface area contributed by atoms with Gasteiger partial charge in [-0.3, -0.25) is 4.40 Å². The Morgan fingerprint density at radius 1 is 1.44 bits per heavy atom. The van der Waals surface area contributed by atoms with E-state index in [4.69, 9.17) is 5.73 Å². The molecule has 0 spiro atoms. The Bertz CT molecular complexity index is 668. The average Bonchev–Trinajstić information content (AvgIpc) is 2.95. The molecule has 1 unspecified atom stereocenters. The summed E-state index contributed by atoms with van der Waals surface area (Å²) in [6, 6.07) is 6.71. The lowest BCUT2D eigenvalue weighted by atomic mass is 10.0. The molecule has 0 aliphatic carbocycles. The standard InChI is InChI=1S/C14H17N3S/c1-10(9-15)2-3-11-4-5-12-13(8-11)18-14-16-6-7-17(12)14/h4-8,10H,2-3,9,15H2,1H3. The van der Waals surface area contributed by atoms with Gasteiger partial charge in [0, 0.05) is 12.4 Å². The fourth-order valence-electron chi connectivity index (χ4n) is 2.17. The van der Waals surface area contributed by atoms with Crippen molar-refractivity contribution in [2.75, 3.05) is 6.54 Å². The minimum atomic E-state index is 0.598. The molecule has 0 amide bonds. The number of benzene rings is 1. The van der Waals surface area contributed by atoms with E-state index >= 15 is 0 Å². The molecular weight excluding hydrogens is 242 g/mol. The van der Waals surface area contributed by atoms with Gasteiger partial charge in [0.1, 0.15) is 0 Å². The smallest absolute Gasteiger partial charge is 0.194 e. The number of hydrogen-bond donors (Lipinski definition) is 1. The number of fused-ring (bicyclic) bond motifs is 3. The number of nitrogens with zero attached hydrogens (tertiary/aromatic N) is 2. The van der Waals surface area contributed by atoms with Crippen molar-refractivity contribution in [2.45, 2.75) is 19.8 Å². The fraction of sp³-hybridized carbons (Fsp3) is 0.357. The fourth-order valence-corrected chi connectivity index (χ4v) is 3.22. The second-order valence-electron chi connectivity index (χ2n) is 4.86. The highest BCUT2D eigenvalue weighted by molar-refractivity contribution is 7.23. The second-order valence-corrected chi connectivity index (χ2v) is 5.87. The number of thiazole rings is 1. The molecule has 0 saturated carbocycles. The van der Waals surface area contributed by atoms with Crippen LogP contribution in [0, 0.1) is 5.92 Å². The zero-order valence-electron chi connectivity index (χ0n) is 10.5. The third-order valence-corrected chi connectivity index (χ3v) is 4.45. The minimum absolute atomic E-state index is 0.598. The molecule has 2 heterocycles. The quantitative estimate of drug-likeness (QED) is 0.782. The van der Waals surface area contributed by atoms with Crippen LogP contribution in [0.2, 0.25) is 0 Å². The highest BCUT2D eigenvalue weighted by Gasteiger charge is 2.06. The van der Waals surface area contributed by atoms with Crippen LogP contribution in [0.1, 0.15) is 18.9 Å². The topological polar surface area (TPSA) is 43.3 Å². The van der Waals surface area contributed by atoms with E-state index in [2.05, 4.69) is 34.5 Å². The first-order valence-corrected chi connectivity index (χ1v) is 7.14. The molecule has 1 aromatic carbocycles. The Balaban J connectivity index is 1.90. The predicted octanol–water partition coefficient (Wildman–Crippen LogP) is 3.08. The Kier molecular flexibility index (Phi) is 3.06. The first-order valence-electron chi connectivity index (χ1n) is 6.32. The minimum Gasteiger partial charge on any atom is -0.330 e. The van der Waals surface area contributed by atoms with Crippen molar-refractivity contribution in [3.8, 4) is 0 Å². The summed E-state index contributed by atoms with van der Waals surface area (Å²) in [5.74, 6) is 0.598. The summed E-state index contributed by atoms with van der Waals surface area (Å²) in [4.78, 5) is 5.41. The van der Waals surface area contributed by atoms with Gasteiger partial charge in [-0.2, -0.15) is 0 Å². The zero-order valence-corrected chi connectivity index (χ0v) is 11.3. The molecule has 0 aliphatic heterocycles. The zero-order chi connectivity index (χ0) is 12.5. The summed E-state index contributed by atoms with van der Waals surface area (Å²) in [5.41, 5.74) is 8.30. The maximum atomic E-state index is 5.65. The molecular formula is C14H17N3S. The van der Waals surface area contributed by atoms with Gasteiger partial charge in [0.2, 0.25) is 0 Å². The lowest BCUT2D eigenvalue weighted by molar-refractivity contribution is 0.545. The van der Waals surface area contributed by atoms with Crippen LogP contribution in [0.3, 0.4) is 0 Å². The normalized spacial score (nSPS) is 13.4. The van der Waals surface area contributed by atoms with Crippen LogP contribution in [-0.2, 0) is 6.42 Å². The largest absolute Gasteiger partial charge is 0.330 e. The van der Waals surface area contributed by atoms with Gasteiger partial charge in [-0.1, -0.05) is 24.3 Å². The molecule has 18 heavy (non-hydrogen) atoms. The van der Waals surface area contributed by atoms with Crippen molar-refractivity contribution in [3.05, 3.63) is 36.2 Å². The van der Waals surface area contributed by atoms with Crippen molar-refractivity contribution in [1.29, 1.82) is 0 Å². The first kappa shape index (κ1) is 11.7. The van der Waals surface area contributed by atoms with Gasteiger partial charge in [0.15, 0.2) is 4.96 Å². The van der Waals surface area contributed by atoms with Gasteiger partial charge in [-0.05, 0) is 43.0 Å². The highest BCUT2D eigenvalue weighted by atomic mass is 32.1. The highest BCUT2D eigenvalue weighted by Crippen LogP contribution is 2.26. The summed E-state index contributed by atoms with van der Waals surface area (Å²) >= 11 is 1.75. The number of imidazole rings is 1. The van der Waals surface area contributed by atoms with Crippen LogP contribution in [0.15, 0.2) is 30.6 Å². The third-order valence-electron chi connectivity index (χ3n) is 3.42. The van der Waals surface area contributed by atoms with Crippen molar-refractivity contribution in [2.24, 2.45) is 11.7 Å². The molecule has 2 N–H and O–H groups in total. The van der Waals surface area contributed by atoms with E-state index in [1.807, 2.05) is 12.4 Å². The summed E-state index contributed by atoms with van der Waals surface area (Å²) in [5, 5.41) is 0. The molecule has 0 aliphatic rings. The Morgan fingerprint density at radius 3 is 3.17 bits per heavy atom. The van der Waals surface area contributed by atoms with Crippen LogP contribution in [0.4, 0.5) is 0 Å². The molecule has 2 aromatic heterocycles. The van der Waals surface area contributed by atoms with Crippen LogP contribution in [0.25, 0.3) is 15.2 Å². The Labute approximate surface area is 110 Å². The van der Waals surface area contributed by atoms with Crippen molar-refractivity contribution in [1.82, 2.24) is 9.38 Å². The predicted molar refractivity (Wildman–Crippen MR) is 77.1 cm³/mol. The lowest BCUT2D eigenvalue weighted by Crippen LogP contribution is -2.11. The molecule has 0 radical (unpaired) electrons. The summed E-state index contributed by atoms with van der Waals surface area (Å²) < 4.78 is 3.46. The molecule has 94 valence electrons. The van der Waals surface area contributed by atoms with E-state index < -0.39 is 0 Å². The maximum Gasteiger partial charge on any atom is 0.194 e. The van der Waals surface area contributed by atoms with Crippen molar-refractivity contribution >= 4 is 26.5 Å². The number of aromatic nitrogens is 2. The van der Waals surface area contributed by atoms with E-state index in [1.165, 1.54) is 15.8 Å². The first-order chi connectivity index (χ1) is 8.78. The van der Waals surface area contributed by atoms with Gasteiger partial charge in [0.25, 0.3) is 0 Å². The van der Waals surface area contributed by atoms with E-state index in [9.17, 15) is 0 Å². The summed E-state index contributed by atoms with van der Waals surface area (Å²) in [7, 11) is 0. The van der Waals surface area contributed by atoms with E-state index in [1.54, 1.807) is 11.3 Å². The Hall–Kier alpha value is -1.39. The molecule has 3 rings (SSSR count). The van der Waals surface area contributed by atoms with Crippen LogP contribution < -0.4 is 5.73 Å². The summed E-state index contributed by atoms with van der Waals surface area (Å²) in [6.45, 7) is 2.98. The maximum absolute atomic E-state index is 5.65. The van der Waals surface area contributed by atoms with Crippen LogP contribution in [-0.4, -0.2) is 15.9 Å². The monoisotopic (exact) mass is 259 g/mol. The van der Waals surface area contributed by atoms with E-state index in [0.717, 1.165) is 24.3 Å². The van der Waals surface area contributed by atoms with Crippen molar-refractivity contribution in [3.63, 3.8) is 0 Å². The SMILES string of the molecule is CC(CN)CCc1ccc2c(c1)sc1nccn12. The average molecular weight is 259 g/mol. The van der Waals surface area contributed by atoms with Crippen LogP contribution in [0.5, 0.6) is 0 Å². The van der Waals surface area contributed by atoms with Gasteiger partial charge in [0.05, 0.1) is 10.2 Å². The summed E-state index contributed by atoms with van der Waals surface area (Å²) in [6.07, 6.45) is 6.13. The molecule has 0 saturated heterocycles. The second kappa shape index (κ2) is 4.71. The molecule has 0 fully saturated rings. The van der Waals surface area contributed by atoms with E-state index in [-0.39, 0.29) is 0 Å². The molecule has 3 nitrogen and oxygen atoms in total. The van der Waals surface area contributed by atoms with Gasteiger partial charge in [-0.25, -0.2) is 4.98 Å². The van der Waals surface area contributed by atoms with Crippen molar-refractivity contribution < 1.29 is 0 Å². The molecule has 3 aromatic rings. The van der Waals surface area contributed by atoms with Gasteiger partial charge in [-0.15, -0.1) is 0 Å². The Morgan fingerprint density at radius 2 is 2.33 bits per heavy atom. The number of nitrogens with two attached hydrogens (primary N) is 1. The number of hydrogen-bond acceptors (Lipinski definition) is 3.